The second-order valence-electron chi connectivity index (χ2n) is 3.29. The summed E-state index contributed by atoms with van der Waals surface area (Å²) in [4.78, 5) is 11.2. The fourth-order valence-electron chi connectivity index (χ4n) is 1.20. The molecule has 0 aliphatic heterocycles. The van der Waals surface area contributed by atoms with Crippen LogP contribution in [-0.2, 0) is 21.2 Å². The SMILES string of the molecule is CC.COC(=O)c1cc(CO)cc(S(C)(=O)=O)c1. The van der Waals surface area contributed by atoms with Crippen molar-refractivity contribution in [3.05, 3.63) is 29.3 Å². The monoisotopic (exact) mass is 274 g/mol. The summed E-state index contributed by atoms with van der Waals surface area (Å²) < 4.78 is 27.1. The van der Waals surface area contributed by atoms with Gasteiger partial charge in [-0.05, 0) is 23.8 Å². The number of hydrogen-bond acceptors (Lipinski definition) is 5. The first-order valence-electron chi connectivity index (χ1n) is 5.41. The van der Waals surface area contributed by atoms with Gasteiger partial charge < -0.3 is 9.84 Å². The Kier molecular flexibility index (Phi) is 6.57. The maximum Gasteiger partial charge on any atom is 0.337 e. The normalized spacial score (nSPS) is 10.3. The molecule has 0 fully saturated rings. The molecule has 1 aromatic carbocycles. The van der Waals surface area contributed by atoms with Gasteiger partial charge in [-0.15, -0.1) is 0 Å². The van der Waals surface area contributed by atoms with E-state index in [1.807, 2.05) is 13.8 Å². The molecule has 0 aliphatic carbocycles. The van der Waals surface area contributed by atoms with E-state index < -0.39 is 15.8 Å². The minimum Gasteiger partial charge on any atom is -0.465 e. The lowest BCUT2D eigenvalue weighted by Gasteiger charge is -2.05. The Labute approximate surface area is 107 Å². The highest BCUT2D eigenvalue weighted by atomic mass is 32.2. The number of sulfone groups is 1. The maximum absolute atomic E-state index is 11.3. The number of ether oxygens (including phenoxy) is 1. The zero-order valence-corrected chi connectivity index (χ0v) is 11.7. The van der Waals surface area contributed by atoms with Crippen molar-refractivity contribution >= 4 is 15.8 Å². The molecule has 0 amide bonds. The van der Waals surface area contributed by atoms with Gasteiger partial charge in [0.15, 0.2) is 9.84 Å². The second-order valence-corrected chi connectivity index (χ2v) is 5.30. The summed E-state index contributed by atoms with van der Waals surface area (Å²) in [7, 11) is -2.22. The lowest BCUT2D eigenvalue weighted by atomic mass is 10.1. The van der Waals surface area contributed by atoms with Gasteiger partial charge in [0, 0.05) is 6.26 Å². The Morgan fingerprint density at radius 3 is 2.22 bits per heavy atom. The van der Waals surface area contributed by atoms with Crippen molar-refractivity contribution in [1.82, 2.24) is 0 Å². The van der Waals surface area contributed by atoms with Gasteiger partial charge in [0.05, 0.1) is 24.2 Å². The second kappa shape index (κ2) is 7.13. The largest absolute Gasteiger partial charge is 0.465 e. The highest BCUT2D eigenvalue weighted by Crippen LogP contribution is 2.16. The number of carbonyl (C=O) groups is 1. The van der Waals surface area contributed by atoms with E-state index in [1.54, 1.807) is 0 Å². The molecule has 0 aliphatic rings. The minimum atomic E-state index is -3.42. The van der Waals surface area contributed by atoms with E-state index in [1.165, 1.54) is 25.3 Å². The molecule has 0 saturated carbocycles. The molecule has 1 aromatic rings. The smallest absolute Gasteiger partial charge is 0.337 e. The van der Waals surface area contributed by atoms with Crippen molar-refractivity contribution in [3.8, 4) is 0 Å². The van der Waals surface area contributed by atoms with Crippen molar-refractivity contribution in [2.45, 2.75) is 25.3 Å². The quantitative estimate of drug-likeness (QED) is 0.842. The standard InChI is InChI=1S/C10H12O5S.C2H6/c1-15-10(12)8-3-7(6-11)4-9(5-8)16(2,13)14;1-2/h3-5,11H,6H2,1-2H3;1-2H3. The van der Waals surface area contributed by atoms with Crippen LogP contribution in [0.3, 0.4) is 0 Å². The third kappa shape index (κ3) is 4.46. The Hall–Kier alpha value is -1.40. The van der Waals surface area contributed by atoms with Crippen molar-refractivity contribution < 1.29 is 23.1 Å². The average molecular weight is 274 g/mol. The molecule has 0 radical (unpaired) electrons. The Balaban J connectivity index is 0.00000137. The molecular weight excluding hydrogens is 256 g/mol. The van der Waals surface area contributed by atoms with Crippen molar-refractivity contribution in [2.24, 2.45) is 0 Å². The molecule has 1 rings (SSSR count). The Morgan fingerprint density at radius 2 is 1.83 bits per heavy atom. The van der Waals surface area contributed by atoms with E-state index in [0.717, 1.165) is 6.26 Å². The lowest BCUT2D eigenvalue weighted by molar-refractivity contribution is 0.0600. The van der Waals surface area contributed by atoms with Gasteiger partial charge in [-0.2, -0.15) is 0 Å². The number of rotatable bonds is 3. The number of aliphatic hydroxyl groups excluding tert-OH is 1. The highest BCUT2D eigenvalue weighted by molar-refractivity contribution is 7.90. The fourth-order valence-corrected chi connectivity index (χ4v) is 1.91. The summed E-state index contributed by atoms with van der Waals surface area (Å²) in [6.07, 6.45) is 1.03. The summed E-state index contributed by atoms with van der Waals surface area (Å²) in [5, 5.41) is 8.96. The van der Waals surface area contributed by atoms with Crippen molar-refractivity contribution in [1.29, 1.82) is 0 Å². The van der Waals surface area contributed by atoms with Gasteiger partial charge in [0.25, 0.3) is 0 Å². The average Bonchev–Trinajstić information content (AvgIpc) is 2.38. The summed E-state index contributed by atoms with van der Waals surface area (Å²) in [6, 6.07) is 3.93. The predicted molar refractivity (Wildman–Crippen MR) is 68.2 cm³/mol. The van der Waals surface area contributed by atoms with Crippen molar-refractivity contribution in [2.75, 3.05) is 13.4 Å². The van der Waals surface area contributed by atoms with E-state index in [0.29, 0.717) is 5.56 Å². The molecule has 1 N–H and O–H groups in total. The summed E-state index contributed by atoms with van der Waals surface area (Å²) >= 11 is 0. The van der Waals surface area contributed by atoms with E-state index in [2.05, 4.69) is 4.74 Å². The molecule has 0 saturated heterocycles. The van der Waals surface area contributed by atoms with Crippen LogP contribution in [0.1, 0.15) is 29.8 Å². The molecule has 0 heterocycles. The van der Waals surface area contributed by atoms with E-state index in [9.17, 15) is 13.2 Å². The number of carbonyl (C=O) groups excluding carboxylic acids is 1. The van der Waals surface area contributed by atoms with Gasteiger partial charge in [0.1, 0.15) is 0 Å². The van der Waals surface area contributed by atoms with Gasteiger partial charge in [-0.25, -0.2) is 13.2 Å². The minimum absolute atomic E-state index is 0.0144. The van der Waals surface area contributed by atoms with Crippen LogP contribution in [0.4, 0.5) is 0 Å². The van der Waals surface area contributed by atoms with Gasteiger partial charge in [-0.3, -0.25) is 0 Å². The third-order valence-electron chi connectivity index (χ3n) is 2.00. The molecule has 0 spiro atoms. The number of esters is 1. The Bertz CT molecular complexity index is 505. The fraction of sp³-hybridized carbons (Fsp3) is 0.417. The molecule has 102 valence electrons. The van der Waals surface area contributed by atoms with Gasteiger partial charge >= 0.3 is 5.97 Å². The van der Waals surface area contributed by atoms with E-state index in [-0.39, 0.29) is 17.1 Å². The summed E-state index contributed by atoms with van der Waals surface area (Å²) in [5.41, 5.74) is 0.456. The Morgan fingerprint density at radius 1 is 1.28 bits per heavy atom. The number of hydrogen-bond donors (Lipinski definition) is 1. The highest BCUT2D eigenvalue weighted by Gasteiger charge is 2.14. The van der Waals surface area contributed by atoms with Crippen LogP contribution in [0.2, 0.25) is 0 Å². The van der Waals surface area contributed by atoms with E-state index in [4.69, 9.17) is 5.11 Å². The molecule has 0 unspecified atom stereocenters. The number of benzene rings is 1. The molecular formula is C12H18O5S. The summed E-state index contributed by atoms with van der Waals surface area (Å²) in [6.45, 7) is 3.66. The lowest BCUT2D eigenvalue weighted by Crippen LogP contribution is -2.06. The van der Waals surface area contributed by atoms with Gasteiger partial charge in [-0.1, -0.05) is 13.8 Å². The molecule has 0 bridgehead atoms. The first kappa shape index (κ1) is 16.6. The molecule has 6 heteroatoms. The predicted octanol–water partition coefficient (Wildman–Crippen LogP) is 1.40. The first-order valence-corrected chi connectivity index (χ1v) is 7.31. The van der Waals surface area contributed by atoms with Crippen molar-refractivity contribution in [3.63, 3.8) is 0 Å². The van der Waals surface area contributed by atoms with Crippen LogP contribution in [0.25, 0.3) is 0 Å². The first-order chi connectivity index (χ1) is 8.38. The number of methoxy groups -OCH3 is 1. The molecule has 0 atom stereocenters. The molecule has 5 nitrogen and oxygen atoms in total. The van der Waals surface area contributed by atoms with E-state index >= 15 is 0 Å². The van der Waals surface area contributed by atoms with Crippen LogP contribution in [-0.4, -0.2) is 32.9 Å². The van der Waals surface area contributed by atoms with Gasteiger partial charge in [0.2, 0.25) is 0 Å². The summed E-state index contributed by atoms with van der Waals surface area (Å²) in [5.74, 6) is -0.639. The number of aliphatic hydroxyl groups is 1. The van der Waals surface area contributed by atoms with Crippen LogP contribution in [0.15, 0.2) is 23.1 Å². The molecule has 18 heavy (non-hydrogen) atoms. The van der Waals surface area contributed by atoms with Crippen LogP contribution < -0.4 is 0 Å². The van der Waals surface area contributed by atoms with Crippen LogP contribution in [0, 0.1) is 0 Å². The zero-order chi connectivity index (χ0) is 14.3. The maximum atomic E-state index is 11.3. The van der Waals surface area contributed by atoms with Crippen LogP contribution >= 0.6 is 0 Å². The topological polar surface area (TPSA) is 80.7 Å². The zero-order valence-electron chi connectivity index (χ0n) is 10.9. The van der Waals surface area contributed by atoms with Crippen LogP contribution in [0.5, 0.6) is 0 Å². The molecule has 0 aromatic heterocycles. The third-order valence-corrected chi connectivity index (χ3v) is 3.09.